The predicted molar refractivity (Wildman–Crippen MR) is 129 cm³/mol. The molecule has 2 heterocycles. The van der Waals surface area contributed by atoms with E-state index in [0.717, 1.165) is 12.1 Å². The summed E-state index contributed by atoms with van der Waals surface area (Å²) in [4.78, 5) is 34.9. The smallest absolute Gasteiger partial charge is 0.416 e. The Hall–Kier alpha value is -2.73. The number of hydrazone groups is 1. The van der Waals surface area contributed by atoms with Gasteiger partial charge >= 0.3 is 12.3 Å². The largest absolute Gasteiger partial charge is 0.444 e. The number of carbonyl (C=O) groups is 2. The Labute approximate surface area is 212 Å². The van der Waals surface area contributed by atoms with Gasteiger partial charge in [-0.3, -0.25) is 9.63 Å². The van der Waals surface area contributed by atoms with Gasteiger partial charge < -0.3 is 19.9 Å². The number of carbonyl (C=O) groups excluding carboxylic acids is 2. The van der Waals surface area contributed by atoms with Gasteiger partial charge in [0.25, 0.3) is 0 Å². The molecule has 3 rings (SSSR count). The topological polar surface area (TPSA) is 95.5 Å². The minimum Gasteiger partial charge on any atom is -0.444 e. The molecule has 2 saturated heterocycles. The summed E-state index contributed by atoms with van der Waals surface area (Å²) in [6.07, 6.45) is -4.16. The number of alkyl halides is 3. The lowest BCUT2D eigenvalue weighted by Gasteiger charge is -2.45. The maximum absolute atomic E-state index is 13.5. The van der Waals surface area contributed by atoms with Crippen molar-refractivity contribution in [3.05, 3.63) is 28.8 Å². The Morgan fingerprint density at radius 1 is 1.19 bits per heavy atom. The van der Waals surface area contributed by atoms with Crippen LogP contribution in [-0.4, -0.2) is 71.9 Å². The Balaban J connectivity index is 1.79. The Bertz CT molecular complexity index is 972. The summed E-state index contributed by atoms with van der Waals surface area (Å²) in [6, 6.07) is 1.79. The highest BCUT2D eigenvalue weighted by atomic mass is 35.5. The first kappa shape index (κ1) is 27.9. The van der Waals surface area contributed by atoms with E-state index in [1.807, 2.05) is 0 Å². The van der Waals surface area contributed by atoms with Crippen LogP contribution >= 0.6 is 11.6 Å². The van der Waals surface area contributed by atoms with E-state index in [1.165, 1.54) is 11.0 Å². The van der Waals surface area contributed by atoms with E-state index >= 15 is 0 Å². The number of nitrogens with one attached hydrogen (secondary N) is 2. The fourth-order valence-electron chi connectivity index (χ4n) is 4.34. The third kappa shape index (κ3) is 7.16. The maximum atomic E-state index is 13.5. The van der Waals surface area contributed by atoms with Crippen LogP contribution in [0.3, 0.4) is 0 Å². The summed E-state index contributed by atoms with van der Waals surface area (Å²) in [5.41, 5.74) is 0.871. The molecule has 2 aliphatic heterocycles. The highest BCUT2D eigenvalue weighted by molar-refractivity contribution is 6.31. The zero-order valence-electron chi connectivity index (χ0n) is 20.4. The van der Waals surface area contributed by atoms with Gasteiger partial charge in [0, 0.05) is 37.1 Å². The fraction of sp³-hybridized carbons (Fsp3) is 0.609. The van der Waals surface area contributed by atoms with Crippen LogP contribution < -0.4 is 10.9 Å². The van der Waals surface area contributed by atoms with Crippen LogP contribution in [0.1, 0.15) is 45.6 Å². The van der Waals surface area contributed by atoms with Crippen molar-refractivity contribution in [3.63, 3.8) is 0 Å². The summed E-state index contributed by atoms with van der Waals surface area (Å²) in [7, 11) is 0. The van der Waals surface area contributed by atoms with E-state index in [-0.39, 0.29) is 23.2 Å². The number of rotatable bonds is 6. The third-order valence-electron chi connectivity index (χ3n) is 5.88. The van der Waals surface area contributed by atoms with Gasteiger partial charge in [0.05, 0.1) is 11.6 Å². The van der Waals surface area contributed by atoms with Crippen LogP contribution in [0.4, 0.5) is 23.7 Å². The average Bonchev–Trinajstić information content (AvgIpc) is 2.77. The van der Waals surface area contributed by atoms with Crippen molar-refractivity contribution in [1.29, 1.82) is 0 Å². The summed E-state index contributed by atoms with van der Waals surface area (Å²) in [6.45, 7) is 9.52. The molecule has 13 heteroatoms. The quantitative estimate of drug-likeness (QED) is 0.419. The maximum Gasteiger partial charge on any atom is 0.416 e. The van der Waals surface area contributed by atoms with Gasteiger partial charge in [-0.1, -0.05) is 11.6 Å². The molecular weight excluding hydrogens is 503 g/mol. The second-order valence-corrected chi connectivity index (χ2v) is 10.2. The van der Waals surface area contributed by atoms with E-state index in [0.29, 0.717) is 32.4 Å². The normalized spacial score (nSPS) is 23.3. The second kappa shape index (κ2) is 11.1. The van der Waals surface area contributed by atoms with E-state index in [9.17, 15) is 22.8 Å². The van der Waals surface area contributed by atoms with Crippen molar-refractivity contribution in [2.45, 2.75) is 70.0 Å². The Kier molecular flexibility index (Phi) is 8.60. The molecule has 0 aliphatic carbocycles. The zero-order chi connectivity index (χ0) is 26.7. The Morgan fingerprint density at radius 2 is 1.92 bits per heavy atom. The highest BCUT2D eigenvalue weighted by Gasteiger charge is 2.42. The number of anilines is 1. The lowest BCUT2D eigenvalue weighted by molar-refractivity contribution is -0.149. The molecule has 0 spiro atoms. The molecule has 0 saturated carbocycles. The number of hydrogen-bond acceptors (Lipinski definition) is 7. The minimum absolute atomic E-state index is 0.0933. The van der Waals surface area contributed by atoms with Gasteiger partial charge in [0.1, 0.15) is 17.7 Å². The summed E-state index contributed by atoms with van der Waals surface area (Å²) in [5.74, 6) is -0.314. The van der Waals surface area contributed by atoms with Crippen LogP contribution in [0.5, 0.6) is 0 Å². The van der Waals surface area contributed by atoms with Gasteiger partial charge in [-0.25, -0.2) is 4.79 Å². The van der Waals surface area contributed by atoms with Crippen LogP contribution in [0, 0.1) is 0 Å². The molecule has 36 heavy (non-hydrogen) atoms. The fourth-order valence-corrected chi connectivity index (χ4v) is 4.58. The molecule has 1 unspecified atom stereocenters. The zero-order valence-corrected chi connectivity index (χ0v) is 21.2. The average molecular weight is 534 g/mol. The van der Waals surface area contributed by atoms with Crippen LogP contribution in [-0.2, 0) is 20.5 Å². The summed E-state index contributed by atoms with van der Waals surface area (Å²) >= 11 is 5.90. The van der Waals surface area contributed by atoms with Crippen molar-refractivity contribution >= 4 is 36.0 Å². The van der Waals surface area contributed by atoms with Gasteiger partial charge in [-0.15, -0.1) is 0 Å². The van der Waals surface area contributed by atoms with Crippen molar-refractivity contribution < 1.29 is 32.3 Å². The monoisotopic (exact) mass is 533 g/mol. The number of nitrogens with zero attached hydrogens (tertiary/aromatic N) is 3. The minimum atomic E-state index is -4.58. The van der Waals surface area contributed by atoms with Crippen molar-refractivity contribution in [1.82, 2.24) is 15.4 Å². The van der Waals surface area contributed by atoms with E-state index < -0.39 is 41.6 Å². The molecule has 200 valence electrons. The second-order valence-electron chi connectivity index (χ2n) is 9.79. The lowest BCUT2D eigenvalue weighted by atomic mass is 9.95. The van der Waals surface area contributed by atoms with E-state index in [1.54, 1.807) is 25.7 Å². The predicted octanol–water partition coefficient (Wildman–Crippen LogP) is 4.28. The SMILES string of the molecule is C=NNO[C@H]1CCN(C(=O)OC(C)(C)C)C[C@@H]1N1CCCC(Nc2cc(Cl)cc(C(F)(F)F)c2)C1=O. The van der Waals surface area contributed by atoms with Crippen LogP contribution in [0.15, 0.2) is 23.3 Å². The first-order valence-electron chi connectivity index (χ1n) is 11.6. The van der Waals surface area contributed by atoms with Crippen molar-refractivity contribution in [2.24, 2.45) is 5.10 Å². The number of halogens is 4. The molecular formula is C23H31ClF3N5O4. The first-order valence-corrected chi connectivity index (χ1v) is 12.0. The molecule has 2 N–H and O–H groups in total. The first-order chi connectivity index (χ1) is 16.8. The molecule has 3 atom stereocenters. The summed E-state index contributed by atoms with van der Waals surface area (Å²) in [5, 5.41) is 6.31. The van der Waals surface area contributed by atoms with Gasteiger partial charge in [0.15, 0.2) is 0 Å². The number of likely N-dealkylation sites (tertiary alicyclic amines) is 2. The number of hydrogen-bond donors (Lipinski definition) is 2. The Morgan fingerprint density at radius 3 is 2.56 bits per heavy atom. The lowest BCUT2D eigenvalue weighted by Crippen LogP contribution is -2.63. The van der Waals surface area contributed by atoms with Gasteiger partial charge in [-0.2, -0.15) is 23.9 Å². The van der Waals surface area contributed by atoms with Gasteiger partial charge in [0.2, 0.25) is 5.91 Å². The number of amides is 2. The molecule has 2 amide bonds. The van der Waals surface area contributed by atoms with Gasteiger partial charge in [-0.05, 0) is 58.2 Å². The van der Waals surface area contributed by atoms with Crippen molar-refractivity contribution in [2.75, 3.05) is 25.0 Å². The number of ether oxygens (including phenoxy) is 1. The molecule has 0 aromatic heterocycles. The molecule has 1 aromatic carbocycles. The molecule has 9 nitrogen and oxygen atoms in total. The standard InChI is InChI=1S/C23H31ClF3N5O4/c1-22(2,3)35-21(34)31-9-7-19(36-30-28-4)18(13-31)32-8-5-6-17(20(32)33)29-16-11-14(23(25,26)27)10-15(24)12-16/h10-12,17-19,29-30H,4-9,13H2,1-3H3/t17?,18-,19-/m0/s1. The number of benzene rings is 1. The van der Waals surface area contributed by atoms with Crippen LogP contribution in [0.2, 0.25) is 5.02 Å². The van der Waals surface area contributed by atoms with Crippen LogP contribution in [0.25, 0.3) is 0 Å². The van der Waals surface area contributed by atoms with E-state index in [2.05, 4.69) is 22.7 Å². The summed E-state index contributed by atoms with van der Waals surface area (Å²) < 4.78 is 45.2. The molecule has 0 radical (unpaired) electrons. The molecule has 2 aliphatic rings. The highest BCUT2D eigenvalue weighted by Crippen LogP contribution is 2.34. The molecule has 1 aromatic rings. The van der Waals surface area contributed by atoms with E-state index in [4.69, 9.17) is 21.2 Å². The van der Waals surface area contributed by atoms with Crippen molar-refractivity contribution in [3.8, 4) is 0 Å². The number of piperidine rings is 2. The third-order valence-corrected chi connectivity index (χ3v) is 6.10. The molecule has 2 fully saturated rings. The molecule has 0 bridgehead atoms.